The van der Waals surface area contributed by atoms with Gasteiger partial charge in [0.1, 0.15) is 0 Å². The molecule has 2 heteroatoms. The Morgan fingerprint density at radius 2 is 0.875 bits per heavy atom. The number of benzene rings is 2. The zero-order valence-electron chi connectivity index (χ0n) is 20.0. The second kappa shape index (κ2) is 8.35. The van der Waals surface area contributed by atoms with Crippen molar-refractivity contribution in [2.45, 2.75) is 52.4 Å². The average molecular weight is 421 g/mol. The molecule has 4 aromatic rings. The van der Waals surface area contributed by atoms with Gasteiger partial charge in [0, 0.05) is 23.5 Å². The monoisotopic (exact) mass is 420 g/mol. The van der Waals surface area contributed by atoms with E-state index in [4.69, 9.17) is 0 Å². The van der Waals surface area contributed by atoms with Gasteiger partial charge in [0.05, 0.1) is 11.4 Å². The first kappa shape index (κ1) is 22.0. The van der Waals surface area contributed by atoms with E-state index in [0.29, 0.717) is 0 Å². The van der Waals surface area contributed by atoms with E-state index in [2.05, 4.69) is 112 Å². The van der Waals surface area contributed by atoms with Crippen molar-refractivity contribution in [3.63, 3.8) is 0 Å². The highest BCUT2D eigenvalue weighted by atomic mass is 14.7. The lowest BCUT2D eigenvalue weighted by Gasteiger charge is -2.25. The molecule has 0 amide bonds. The van der Waals surface area contributed by atoms with Crippen LogP contribution in [0.5, 0.6) is 0 Å². The summed E-state index contributed by atoms with van der Waals surface area (Å²) >= 11 is 0. The van der Waals surface area contributed by atoms with Crippen LogP contribution in [0.25, 0.3) is 33.6 Å². The van der Waals surface area contributed by atoms with E-state index in [-0.39, 0.29) is 10.8 Å². The molecule has 0 N–H and O–H groups in total. The van der Waals surface area contributed by atoms with Crippen LogP contribution in [0.1, 0.15) is 52.7 Å². The van der Waals surface area contributed by atoms with Crippen molar-refractivity contribution in [2.75, 3.05) is 0 Å². The molecule has 0 aliphatic carbocycles. The van der Waals surface area contributed by atoms with E-state index in [1.165, 1.54) is 22.3 Å². The van der Waals surface area contributed by atoms with Crippen molar-refractivity contribution in [1.82, 2.24) is 9.97 Å². The molecule has 0 saturated carbocycles. The maximum absolute atomic E-state index is 4.68. The van der Waals surface area contributed by atoms with Crippen LogP contribution in [0.2, 0.25) is 0 Å². The van der Waals surface area contributed by atoms with Gasteiger partial charge in [-0.05, 0) is 69.5 Å². The Bertz CT molecular complexity index is 1110. The van der Waals surface area contributed by atoms with E-state index < -0.39 is 0 Å². The predicted molar refractivity (Wildman–Crippen MR) is 136 cm³/mol. The summed E-state index contributed by atoms with van der Waals surface area (Å²) in [6.07, 6.45) is 3.73. The molecule has 0 spiro atoms. The third-order valence-corrected chi connectivity index (χ3v) is 5.94. The van der Waals surface area contributed by atoms with Gasteiger partial charge in [0.25, 0.3) is 0 Å². The zero-order valence-corrected chi connectivity index (χ0v) is 20.0. The minimum atomic E-state index is 0.0458. The first-order valence-electron chi connectivity index (χ1n) is 11.3. The van der Waals surface area contributed by atoms with E-state index in [0.717, 1.165) is 22.5 Å². The second-order valence-electron chi connectivity index (χ2n) is 10.5. The number of hydrogen-bond acceptors (Lipinski definition) is 2. The van der Waals surface area contributed by atoms with Crippen molar-refractivity contribution in [3.8, 4) is 33.6 Å². The lowest BCUT2D eigenvalue weighted by Crippen LogP contribution is -2.12. The van der Waals surface area contributed by atoms with Gasteiger partial charge in [-0.15, -0.1) is 0 Å². The quantitative estimate of drug-likeness (QED) is 0.335. The van der Waals surface area contributed by atoms with Crippen molar-refractivity contribution in [2.24, 2.45) is 0 Å². The molecule has 0 radical (unpaired) electrons. The number of aromatic nitrogens is 2. The number of rotatable bonds is 3. The van der Waals surface area contributed by atoms with Gasteiger partial charge < -0.3 is 0 Å². The van der Waals surface area contributed by atoms with Crippen LogP contribution in [-0.4, -0.2) is 9.97 Å². The Kier molecular flexibility index (Phi) is 5.73. The lowest BCUT2D eigenvalue weighted by atomic mass is 9.80. The predicted octanol–water partition coefficient (Wildman–Crippen LogP) is 8.07. The summed E-state index contributed by atoms with van der Waals surface area (Å²) in [6.45, 7) is 13.6. The SMILES string of the molecule is CC(C)(C)c1ccc(-c2ccccn2)c(-c2cc(C(C)(C)C)ccc2-c2ccccn2)c1. The Balaban J connectivity index is 2.07. The van der Waals surface area contributed by atoms with Crippen LogP contribution in [0.15, 0.2) is 85.2 Å². The first-order valence-corrected chi connectivity index (χ1v) is 11.3. The molecule has 0 atom stereocenters. The zero-order chi connectivity index (χ0) is 22.9. The summed E-state index contributed by atoms with van der Waals surface area (Å²) in [5, 5.41) is 0. The summed E-state index contributed by atoms with van der Waals surface area (Å²) < 4.78 is 0. The fraction of sp³-hybridized carbons (Fsp3) is 0.267. The Morgan fingerprint density at radius 3 is 1.19 bits per heavy atom. The van der Waals surface area contributed by atoms with Crippen LogP contribution in [0.4, 0.5) is 0 Å². The van der Waals surface area contributed by atoms with E-state index in [1.807, 2.05) is 24.5 Å². The summed E-state index contributed by atoms with van der Waals surface area (Å²) in [4.78, 5) is 9.37. The highest BCUT2D eigenvalue weighted by molar-refractivity contribution is 5.91. The maximum Gasteiger partial charge on any atom is 0.0708 e. The molecule has 2 aromatic heterocycles. The molecule has 0 aliphatic heterocycles. The molecule has 2 aromatic carbocycles. The molecule has 2 heterocycles. The molecule has 0 bridgehead atoms. The number of nitrogens with zero attached hydrogens (tertiary/aromatic N) is 2. The van der Waals surface area contributed by atoms with Crippen molar-refractivity contribution in [3.05, 3.63) is 96.3 Å². The Labute approximate surface area is 192 Å². The highest BCUT2D eigenvalue weighted by Crippen LogP contribution is 2.41. The maximum atomic E-state index is 4.68. The van der Waals surface area contributed by atoms with Crippen molar-refractivity contribution >= 4 is 0 Å². The Morgan fingerprint density at radius 1 is 0.469 bits per heavy atom. The van der Waals surface area contributed by atoms with E-state index in [9.17, 15) is 0 Å². The third-order valence-electron chi connectivity index (χ3n) is 5.94. The molecule has 32 heavy (non-hydrogen) atoms. The standard InChI is InChI=1S/C30H32N2/c1-29(2,3)21-13-15-23(27-11-7-9-17-31-27)25(19-21)26-20-22(30(4,5)6)14-16-24(26)28-12-8-10-18-32-28/h7-20H,1-6H3. The third kappa shape index (κ3) is 4.50. The molecule has 2 nitrogen and oxygen atoms in total. The fourth-order valence-corrected chi connectivity index (χ4v) is 3.96. The van der Waals surface area contributed by atoms with Gasteiger partial charge in [-0.1, -0.05) is 77.9 Å². The second-order valence-corrected chi connectivity index (χ2v) is 10.5. The Hall–Kier alpha value is -3.26. The summed E-state index contributed by atoms with van der Waals surface area (Å²) in [7, 11) is 0. The van der Waals surface area contributed by atoms with Crippen LogP contribution in [0, 0.1) is 0 Å². The largest absolute Gasteiger partial charge is 0.256 e. The van der Waals surface area contributed by atoms with Crippen LogP contribution < -0.4 is 0 Å². The number of hydrogen-bond donors (Lipinski definition) is 0. The van der Waals surface area contributed by atoms with Crippen molar-refractivity contribution < 1.29 is 0 Å². The fourth-order valence-electron chi connectivity index (χ4n) is 3.96. The van der Waals surface area contributed by atoms with E-state index in [1.54, 1.807) is 0 Å². The van der Waals surface area contributed by atoms with Crippen LogP contribution >= 0.6 is 0 Å². The van der Waals surface area contributed by atoms with E-state index >= 15 is 0 Å². The highest BCUT2D eigenvalue weighted by Gasteiger charge is 2.22. The molecule has 4 rings (SSSR count). The van der Waals surface area contributed by atoms with Gasteiger partial charge in [-0.3, -0.25) is 9.97 Å². The molecule has 0 saturated heterocycles. The van der Waals surface area contributed by atoms with Gasteiger partial charge >= 0.3 is 0 Å². The van der Waals surface area contributed by atoms with Crippen LogP contribution in [-0.2, 0) is 10.8 Å². The molecular formula is C30H32N2. The average Bonchev–Trinajstić information content (AvgIpc) is 2.78. The molecule has 0 unspecified atom stereocenters. The summed E-state index contributed by atoms with van der Waals surface area (Å²) in [6, 6.07) is 25.8. The minimum Gasteiger partial charge on any atom is -0.256 e. The topological polar surface area (TPSA) is 25.8 Å². The number of pyridine rings is 2. The van der Waals surface area contributed by atoms with Gasteiger partial charge in [-0.25, -0.2) is 0 Å². The van der Waals surface area contributed by atoms with Gasteiger partial charge in [0.15, 0.2) is 0 Å². The first-order chi connectivity index (χ1) is 15.1. The normalized spacial score (nSPS) is 12.1. The van der Waals surface area contributed by atoms with Gasteiger partial charge in [0.2, 0.25) is 0 Å². The molecule has 0 fully saturated rings. The van der Waals surface area contributed by atoms with Crippen LogP contribution in [0.3, 0.4) is 0 Å². The summed E-state index contributed by atoms with van der Waals surface area (Å²) in [5.74, 6) is 0. The lowest BCUT2D eigenvalue weighted by molar-refractivity contribution is 0.589. The molecule has 162 valence electrons. The van der Waals surface area contributed by atoms with Crippen molar-refractivity contribution in [1.29, 1.82) is 0 Å². The van der Waals surface area contributed by atoms with Gasteiger partial charge in [-0.2, -0.15) is 0 Å². The molecular weight excluding hydrogens is 388 g/mol. The smallest absolute Gasteiger partial charge is 0.0708 e. The summed E-state index contributed by atoms with van der Waals surface area (Å²) in [5.41, 5.74) is 9.34. The molecule has 0 aliphatic rings. The minimum absolute atomic E-state index is 0.0458.